The molecule has 0 radical (unpaired) electrons. The first-order chi connectivity index (χ1) is 15.3. The zero-order valence-corrected chi connectivity index (χ0v) is 17.5. The van der Waals surface area contributed by atoms with E-state index < -0.39 is 0 Å². The van der Waals surface area contributed by atoms with Crippen molar-refractivity contribution in [2.45, 2.75) is 13.3 Å². The number of aromatic nitrogens is 3. The maximum atomic E-state index is 4.66. The predicted molar refractivity (Wildman–Crippen MR) is 128 cm³/mol. The Hall–Kier alpha value is -3.92. The van der Waals surface area contributed by atoms with Crippen molar-refractivity contribution in [1.29, 1.82) is 0 Å². The summed E-state index contributed by atoms with van der Waals surface area (Å²) in [5.41, 5.74) is 6.81. The molecule has 0 unspecified atom stereocenters. The van der Waals surface area contributed by atoms with Crippen LogP contribution in [-0.2, 0) is 6.42 Å². The van der Waals surface area contributed by atoms with Crippen LogP contribution in [0.1, 0.15) is 11.1 Å². The summed E-state index contributed by atoms with van der Waals surface area (Å²) >= 11 is 0. The highest BCUT2D eigenvalue weighted by Crippen LogP contribution is 2.35. The Morgan fingerprint density at radius 1 is 0.806 bits per heavy atom. The molecule has 4 nitrogen and oxygen atoms in total. The molecule has 4 heteroatoms. The van der Waals surface area contributed by atoms with E-state index in [-0.39, 0.29) is 0 Å². The van der Waals surface area contributed by atoms with Gasteiger partial charge in [-0.15, -0.1) is 0 Å². The van der Waals surface area contributed by atoms with Crippen LogP contribution in [0.25, 0.3) is 27.8 Å². The van der Waals surface area contributed by atoms with Gasteiger partial charge in [0.15, 0.2) is 5.65 Å². The molecular formula is C27H24N4. The number of fused-ring (bicyclic) bond motifs is 1. The standard InChI is InChI=1S/C27H24N4/c1-20-12-14-23(15-13-20)31-18-24(22-10-6-3-7-11-22)25-26(29-19-30-27(25)31)28-17-16-21-8-4-2-5-9-21/h2-15,18-19H,16-17H2,1H3,(H,28,29,30). The van der Waals surface area contributed by atoms with E-state index >= 15 is 0 Å². The monoisotopic (exact) mass is 404 g/mol. The summed E-state index contributed by atoms with van der Waals surface area (Å²) in [4.78, 5) is 9.27. The number of benzene rings is 3. The second-order valence-corrected chi connectivity index (χ2v) is 7.70. The summed E-state index contributed by atoms with van der Waals surface area (Å²) in [5.74, 6) is 0.866. The molecule has 0 aliphatic carbocycles. The molecule has 0 atom stereocenters. The molecule has 0 saturated carbocycles. The van der Waals surface area contributed by atoms with Crippen molar-refractivity contribution in [3.63, 3.8) is 0 Å². The lowest BCUT2D eigenvalue weighted by Crippen LogP contribution is -2.07. The average Bonchev–Trinajstić information content (AvgIpc) is 3.21. The van der Waals surface area contributed by atoms with E-state index in [0.29, 0.717) is 0 Å². The van der Waals surface area contributed by atoms with Crippen molar-refractivity contribution in [3.05, 3.63) is 109 Å². The van der Waals surface area contributed by atoms with E-state index in [4.69, 9.17) is 0 Å². The van der Waals surface area contributed by atoms with Gasteiger partial charge in [0.25, 0.3) is 0 Å². The minimum atomic E-state index is 0.806. The molecule has 3 aromatic carbocycles. The fourth-order valence-electron chi connectivity index (χ4n) is 3.90. The van der Waals surface area contributed by atoms with Crippen LogP contribution in [0.15, 0.2) is 97.5 Å². The van der Waals surface area contributed by atoms with Gasteiger partial charge in [-0.3, -0.25) is 0 Å². The Balaban J connectivity index is 1.58. The first-order valence-electron chi connectivity index (χ1n) is 10.6. The van der Waals surface area contributed by atoms with E-state index in [1.165, 1.54) is 11.1 Å². The van der Waals surface area contributed by atoms with Crippen LogP contribution in [0, 0.1) is 6.92 Å². The molecule has 2 heterocycles. The van der Waals surface area contributed by atoms with Crippen LogP contribution in [0.2, 0.25) is 0 Å². The molecule has 5 aromatic rings. The van der Waals surface area contributed by atoms with Crippen molar-refractivity contribution in [2.24, 2.45) is 0 Å². The van der Waals surface area contributed by atoms with E-state index in [9.17, 15) is 0 Å². The van der Waals surface area contributed by atoms with Gasteiger partial charge in [-0.25, -0.2) is 9.97 Å². The molecule has 0 amide bonds. The first-order valence-corrected chi connectivity index (χ1v) is 10.6. The van der Waals surface area contributed by atoms with Gasteiger partial charge in [0.05, 0.1) is 5.39 Å². The summed E-state index contributed by atoms with van der Waals surface area (Å²) in [6, 6.07) is 29.5. The molecule has 0 aliphatic rings. The van der Waals surface area contributed by atoms with E-state index in [1.54, 1.807) is 6.33 Å². The number of hydrogen-bond acceptors (Lipinski definition) is 3. The number of nitrogens with zero attached hydrogens (tertiary/aromatic N) is 3. The fraction of sp³-hybridized carbons (Fsp3) is 0.111. The number of nitrogens with one attached hydrogen (secondary N) is 1. The highest BCUT2D eigenvalue weighted by atomic mass is 15.1. The molecule has 152 valence electrons. The highest BCUT2D eigenvalue weighted by molar-refractivity contribution is 6.02. The number of hydrogen-bond donors (Lipinski definition) is 1. The maximum Gasteiger partial charge on any atom is 0.150 e. The summed E-state index contributed by atoms with van der Waals surface area (Å²) in [6.07, 6.45) is 4.75. The van der Waals surface area contributed by atoms with Crippen LogP contribution in [0.3, 0.4) is 0 Å². The van der Waals surface area contributed by atoms with Crippen LogP contribution >= 0.6 is 0 Å². The number of rotatable bonds is 6. The van der Waals surface area contributed by atoms with Crippen molar-refractivity contribution in [1.82, 2.24) is 14.5 Å². The van der Waals surface area contributed by atoms with Crippen LogP contribution in [0.4, 0.5) is 5.82 Å². The van der Waals surface area contributed by atoms with Crippen molar-refractivity contribution in [3.8, 4) is 16.8 Å². The SMILES string of the molecule is Cc1ccc(-n2cc(-c3ccccc3)c3c(NCCc4ccccc4)ncnc32)cc1. The zero-order valence-electron chi connectivity index (χ0n) is 17.5. The van der Waals surface area contributed by atoms with Crippen LogP contribution < -0.4 is 5.32 Å². The van der Waals surface area contributed by atoms with Crippen LogP contribution in [0.5, 0.6) is 0 Å². The molecular weight excluding hydrogens is 380 g/mol. The molecule has 5 rings (SSSR count). The molecule has 31 heavy (non-hydrogen) atoms. The third-order valence-electron chi connectivity index (χ3n) is 5.53. The Bertz CT molecular complexity index is 1290. The molecule has 0 bridgehead atoms. The Morgan fingerprint density at radius 2 is 1.52 bits per heavy atom. The zero-order chi connectivity index (χ0) is 21.0. The fourth-order valence-corrected chi connectivity index (χ4v) is 3.90. The molecule has 2 aromatic heterocycles. The smallest absolute Gasteiger partial charge is 0.150 e. The van der Waals surface area contributed by atoms with Gasteiger partial charge in [-0.1, -0.05) is 78.4 Å². The largest absolute Gasteiger partial charge is 0.369 e. The second kappa shape index (κ2) is 8.44. The normalized spacial score (nSPS) is 11.0. The van der Waals surface area contributed by atoms with Gasteiger partial charge >= 0.3 is 0 Å². The quantitative estimate of drug-likeness (QED) is 0.375. The lowest BCUT2D eigenvalue weighted by molar-refractivity contribution is 1.00. The lowest BCUT2D eigenvalue weighted by Gasteiger charge is -2.09. The topological polar surface area (TPSA) is 42.7 Å². The van der Waals surface area contributed by atoms with E-state index in [2.05, 4.69) is 106 Å². The number of anilines is 1. The third-order valence-corrected chi connectivity index (χ3v) is 5.53. The Morgan fingerprint density at radius 3 is 2.26 bits per heavy atom. The molecule has 0 saturated heterocycles. The minimum Gasteiger partial charge on any atom is -0.369 e. The summed E-state index contributed by atoms with van der Waals surface area (Å²) in [7, 11) is 0. The molecule has 0 fully saturated rings. The summed E-state index contributed by atoms with van der Waals surface area (Å²) in [6.45, 7) is 2.91. The summed E-state index contributed by atoms with van der Waals surface area (Å²) in [5, 5.41) is 4.60. The van der Waals surface area contributed by atoms with E-state index in [1.807, 2.05) is 12.1 Å². The van der Waals surface area contributed by atoms with Gasteiger partial charge in [-0.05, 0) is 36.6 Å². The molecule has 0 spiro atoms. The Kier molecular flexibility index (Phi) is 5.19. The average molecular weight is 405 g/mol. The predicted octanol–water partition coefficient (Wildman–Crippen LogP) is 6.05. The molecule has 1 N–H and O–H groups in total. The van der Waals surface area contributed by atoms with Crippen molar-refractivity contribution >= 4 is 16.9 Å². The lowest BCUT2D eigenvalue weighted by atomic mass is 10.1. The molecule has 0 aliphatic heterocycles. The van der Waals surface area contributed by atoms with Crippen molar-refractivity contribution < 1.29 is 0 Å². The van der Waals surface area contributed by atoms with Gasteiger partial charge in [0.2, 0.25) is 0 Å². The third kappa shape index (κ3) is 3.92. The number of aryl methyl sites for hydroxylation is 1. The summed E-state index contributed by atoms with van der Waals surface area (Å²) < 4.78 is 2.15. The van der Waals surface area contributed by atoms with Gasteiger partial charge in [0, 0.05) is 24.0 Å². The van der Waals surface area contributed by atoms with E-state index in [0.717, 1.165) is 46.6 Å². The maximum absolute atomic E-state index is 4.66. The second-order valence-electron chi connectivity index (χ2n) is 7.70. The Labute approximate surface area is 182 Å². The van der Waals surface area contributed by atoms with Crippen LogP contribution in [-0.4, -0.2) is 21.1 Å². The van der Waals surface area contributed by atoms with Gasteiger partial charge in [0.1, 0.15) is 12.1 Å². The first kappa shape index (κ1) is 19.1. The van der Waals surface area contributed by atoms with Crippen molar-refractivity contribution in [2.75, 3.05) is 11.9 Å². The highest BCUT2D eigenvalue weighted by Gasteiger charge is 2.17. The van der Waals surface area contributed by atoms with Gasteiger partial charge < -0.3 is 9.88 Å². The van der Waals surface area contributed by atoms with Gasteiger partial charge in [-0.2, -0.15) is 0 Å². The minimum absolute atomic E-state index is 0.806.